The summed E-state index contributed by atoms with van der Waals surface area (Å²) in [5, 5.41) is 4.85. The van der Waals surface area contributed by atoms with E-state index in [1.54, 1.807) is 28.4 Å². The molecule has 0 bridgehead atoms. The Hall–Kier alpha value is -2.61. The summed E-state index contributed by atoms with van der Waals surface area (Å²) in [7, 11) is 0. The zero-order valence-electron chi connectivity index (χ0n) is 17.6. The summed E-state index contributed by atoms with van der Waals surface area (Å²) in [6.45, 7) is 6.85. The number of ether oxygens (including phenoxy) is 1. The Labute approximate surface area is 180 Å². The van der Waals surface area contributed by atoms with Gasteiger partial charge < -0.3 is 19.9 Å². The van der Waals surface area contributed by atoms with E-state index in [4.69, 9.17) is 4.74 Å². The normalized spacial score (nSPS) is 15.6. The van der Waals surface area contributed by atoms with Crippen LogP contribution in [-0.2, 0) is 11.2 Å². The number of nitrogens with one attached hydrogen (secondary N) is 1. The molecule has 1 N–H and O–H groups in total. The lowest BCUT2D eigenvalue weighted by molar-refractivity contribution is -0.135. The van der Waals surface area contributed by atoms with Crippen molar-refractivity contribution in [3.63, 3.8) is 0 Å². The predicted molar refractivity (Wildman–Crippen MR) is 115 cm³/mol. The number of hydrogen-bond acceptors (Lipinski definition) is 4. The second-order valence-electron chi connectivity index (χ2n) is 7.54. The molecule has 30 heavy (non-hydrogen) atoms. The molecule has 2 aromatic rings. The molecular formula is C22H28FN3O3S. The molecule has 1 aliphatic rings. The molecule has 162 valence electrons. The van der Waals surface area contributed by atoms with Crippen molar-refractivity contribution in [3.05, 3.63) is 52.0 Å². The largest absolute Gasteiger partial charge is 0.491 e. The molecule has 8 heteroatoms. The van der Waals surface area contributed by atoms with Gasteiger partial charge in [0.1, 0.15) is 24.7 Å². The fourth-order valence-corrected chi connectivity index (χ4v) is 4.45. The van der Waals surface area contributed by atoms with E-state index in [-0.39, 0.29) is 43.0 Å². The monoisotopic (exact) mass is 433 g/mol. The summed E-state index contributed by atoms with van der Waals surface area (Å²) in [6.07, 6.45) is 0.777. The van der Waals surface area contributed by atoms with E-state index in [1.165, 1.54) is 21.9 Å². The van der Waals surface area contributed by atoms with Gasteiger partial charge in [-0.3, -0.25) is 4.79 Å². The summed E-state index contributed by atoms with van der Waals surface area (Å²) in [5.74, 6) is -0.0632. The second kappa shape index (κ2) is 9.93. The number of nitrogens with zero attached hydrogens (tertiary/aromatic N) is 2. The van der Waals surface area contributed by atoms with Crippen molar-refractivity contribution in [2.75, 3.05) is 26.2 Å². The third kappa shape index (κ3) is 5.30. The first kappa shape index (κ1) is 22.1. The van der Waals surface area contributed by atoms with E-state index < -0.39 is 0 Å². The number of halogens is 1. The van der Waals surface area contributed by atoms with Gasteiger partial charge in [-0.2, -0.15) is 0 Å². The first-order valence-electron chi connectivity index (χ1n) is 10.2. The van der Waals surface area contributed by atoms with Gasteiger partial charge in [0.15, 0.2) is 0 Å². The molecule has 0 aliphatic carbocycles. The van der Waals surface area contributed by atoms with E-state index in [2.05, 4.69) is 5.32 Å². The van der Waals surface area contributed by atoms with E-state index in [1.807, 2.05) is 32.2 Å². The average molecular weight is 434 g/mol. The fraction of sp³-hybridized carbons (Fsp3) is 0.455. The van der Waals surface area contributed by atoms with Crippen LogP contribution in [-0.4, -0.2) is 54.0 Å². The number of carbonyl (C=O) groups excluding carboxylic acids is 2. The summed E-state index contributed by atoms with van der Waals surface area (Å²) < 4.78 is 19.3. The van der Waals surface area contributed by atoms with Gasteiger partial charge in [-0.1, -0.05) is 6.07 Å². The van der Waals surface area contributed by atoms with E-state index >= 15 is 0 Å². The van der Waals surface area contributed by atoms with Gasteiger partial charge in [0, 0.05) is 30.1 Å². The highest BCUT2D eigenvalue weighted by molar-refractivity contribution is 7.10. The minimum absolute atomic E-state index is 0.00239. The van der Waals surface area contributed by atoms with Crippen molar-refractivity contribution < 1.29 is 18.7 Å². The highest BCUT2D eigenvalue weighted by Gasteiger charge is 2.33. The number of amides is 3. The molecule has 1 atom stereocenters. The molecule has 0 unspecified atom stereocenters. The van der Waals surface area contributed by atoms with E-state index in [0.29, 0.717) is 18.8 Å². The van der Waals surface area contributed by atoms with Crippen LogP contribution in [0.15, 0.2) is 35.7 Å². The number of thiophene rings is 1. The van der Waals surface area contributed by atoms with Crippen molar-refractivity contribution >= 4 is 23.3 Å². The lowest BCUT2D eigenvalue weighted by atomic mass is 10.0. The molecular weight excluding hydrogens is 405 g/mol. The number of carbonyl (C=O) groups is 2. The molecule has 1 aliphatic heterocycles. The fourth-order valence-electron chi connectivity index (χ4n) is 3.53. The topological polar surface area (TPSA) is 61.9 Å². The maximum atomic E-state index is 13.5. The molecule has 0 saturated heterocycles. The molecule has 1 aromatic heterocycles. The van der Waals surface area contributed by atoms with Crippen LogP contribution in [0.2, 0.25) is 0 Å². The summed E-state index contributed by atoms with van der Waals surface area (Å²) in [4.78, 5) is 30.0. The summed E-state index contributed by atoms with van der Waals surface area (Å²) in [5.41, 5.74) is 1.06. The van der Waals surface area contributed by atoms with Crippen LogP contribution in [0.1, 0.15) is 37.3 Å². The van der Waals surface area contributed by atoms with Gasteiger partial charge in [-0.15, -0.1) is 11.3 Å². The van der Waals surface area contributed by atoms with Crippen LogP contribution in [0.5, 0.6) is 5.75 Å². The SMILES string of the molecule is CCN(CC(=O)N1CCc2sccc2[C@H]1COc1cccc(F)c1)C(=O)NC(C)C. The highest BCUT2D eigenvalue weighted by Crippen LogP contribution is 2.34. The Morgan fingerprint density at radius 3 is 2.87 bits per heavy atom. The first-order valence-corrected chi connectivity index (χ1v) is 11.1. The van der Waals surface area contributed by atoms with Gasteiger partial charge in [0.25, 0.3) is 0 Å². The van der Waals surface area contributed by atoms with Crippen molar-refractivity contribution in [1.82, 2.24) is 15.1 Å². The Balaban J connectivity index is 1.74. The third-order valence-corrected chi connectivity index (χ3v) is 6.02. The Morgan fingerprint density at radius 2 is 2.17 bits per heavy atom. The zero-order chi connectivity index (χ0) is 21.7. The molecule has 2 heterocycles. The number of benzene rings is 1. The minimum atomic E-state index is -0.366. The van der Waals surface area contributed by atoms with Crippen LogP contribution >= 0.6 is 11.3 Å². The van der Waals surface area contributed by atoms with Crippen LogP contribution < -0.4 is 10.1 Å². The average Bonchev–Trinajstić information content (AvgIpc) is 3.18. The molecule has 3 amide bonds. The van der Waals surface area contributed by atoms with Crippen molar-refractivity contribution in [2.24, 2.45) is 0 Å². The van der Waals surface area contributed by atoms with Gasteiger partial charge >= 0.3 is 6.03 Å². The number of rotatable bonds is 7. The molecule has 0 spiro atoms. The van der Waals surface area contributed by atoms with Gasteiger partial charge in [0.05, 0.1) is 6.04 Å². The third-order valence-electron chi connectivity index (χ3n) is 5.03. The maximum Gasteiger partial charge on any atom is 0.318 e. The minimum Gasteiger partial charge on any atom is -0.491 e. The molecule has 0 radical (unpaired) electrons. The Kier molecular flexibility index (Phi) is 7.31. The number of fused-ring (bicyclic) bond motifs is 1. The van der Waals surface area contributed by atoms with Gasteiger partial charge in [0.2, 0.25) is 5.91 Å². The van der Waals surface area contributed by atoms with Crippen LogP contribution in [0.4, 0.5) is 9.18 Å². The number of likely N-dealkylation sites (N-methyl/N-ethyl adjacent to an activating group) is 1. The Morgan fingerprint density at radius 1 is 1.37 bits per heavy atom. The van der Waals surface area contributed by atoms with E-state index in [9.17, 15) is 14.0 Å². The molecule has 0 fully saturated rings. The smallest absolute Gasteiger partial charge is 0.318 e. The molecule has 0 saturated carbocycles. The summed E-state index contributed by atoms with van der Waals surface area (Å²) in [6, 6.07) is 7.47. The first-order chi connectivity index (χ1) is 14.4. The number of urea groups is 1. The highest BCUT2D eigenvalue weighted by atomic mass is 32.1. The second-order valence-corrected chi connectivity index (χ2v) is 8.54. The summed E-state index contributed by atoms with van der Waals surface area (Å²) >= 11 is 1.67. The number of hydrogen-bond donors (Lipinski definition) is 1. The van der Waals surface area contributed by atoms with Crippen LogP contribution in [0, 0.1) is 5.82 Å². The molecule has 1 aromatic carbocycles. The molecule has 6 nitrogen and oxygen atoms in total. The maximum absolute atomic E-state index is 13.5. The quantitative estimate of drug-likeness (QED) is 0.722. The van der Waals surface area contributed by atoms with Crippen molar-refractivity contribution in [2.45, 2.75) is 39.3 Å². The van der Waals surface area contributed by atoms with Crippen LogP contribution in [0.25, 0.3) is 0 Å². The van der Waals surface area contributed by atoms with Crippen molar-refractivity contribution in [3.8, 4) is 5.75 Å². The van der Waals surface area contributed by atoms with E-state index in [0.717, 1.165) is 12.0 Å². The lowest BCUT2D eigenvalue weighted by Crippen LogP contribution is -2.50. The standard InChI is InChI=1S/C22H28FN3O3S/c1-4-25(22(28)24-15(2)3)13-21(27)26-10-8-20-18(9-11-30-20)19(26)14-29-17-7-5-6-16(23)12-17/h5-7,9,11-12,15,19H,4,8,10,13-14H2,1-3H3,(H,24,28)/t19-/m1/s1. The van der Waals surface area contributed by atoms with Gasteiger partial charge in [-0.25, -0.2) is 9.18 Å². The lowest BCUT2D eigenvalue weighted by Gasteiger charge is -2.37. The predicted octanol–water partition coefficient (Wildman–Crippen LogP) is 3.83. The van der Waals surface area contributed by atoms with Gasteiger partial charge in [-0.05, 0) is 56.3 Å². The zero-order valence-corrected chi connectivity index (χ0v) is 18.4. The molecule has 3 rings (SSSR count). The Bertz CT molecular complexity index is 886. The van der Waals surface area contributed by atoms with Crippen molar-refractivity contribution in [1.29, 1.82) is 0 Å². The van der Waals surface area contributed by atoms with Crippen LogP contribution in [0.3, 0.4) is 0 Å².